The van der Waals surface area contributed by atoms with Gasteiger partial charge in [0.25, 0.3) is 0 Å². The highest BCUT2D eigenvalue weighted by atomic mass is 19.1. The zero-order valence-electron chi connectivity index (χ0n) is 86.4. The largest absolute Gasteiger partial charge is 0.459 e. The molecular weight excluding hydrogens is 1700 g/mol. The molecule has 6 saturated heterocycles. The van der Waals surface area contributed by atoms with E-state index in [0.29, 0.717) is 43.3 Å². The minimum Gasteiger partial charge on any atom is -0.459 e. The summed E-state index contributed by atoms with van der Waals surface area (Å²) in [6, 6.07) is 0. The van der Waals surface area contributed by atoms with Gasteiger partial charge in [0, 0.05) is 101 Å². The number of aliphatic hydroxyl groups excluding tert-OH is 5. The second-order valence-electron chi connectivity index (χ2n) is 42.8. The number of hydrogen-bond acceptors (Lipinski definition) is 32. The average molecular weight is 1880 g/mol. The molecule has 0 amide bonds. The van der Waals surface area contributed by atoms with Crippen LogP contribution < -0.4 is 5.32 Å². The third-order valence-corrected chi connectivity index (χ3v) is 30.7. The molecule has 0 bridgehead atoms. The zero-order valence-corrected chi connectivity index (χ0v) is 86.4. The van der Waals surface area contributed by atoms with Gasteiger partial charge in [-0.3, -0.25) is 23.6 Å². The summed E-state index contributed by atoms with van der Waals surface area (Å²) >= 11 is 0. The van der Waals surface area contributed by atoms with Crippen LogP contribution in [0.3, 0.4) is 0 Å². The molecule has 131 heavy (non-hydrogen) atoms. The first-order chi connectivity index (χ1) is 60.3. The first-order valence-corrected chi connectivity index (χ1v) is 48.3. The monoisotopic (exact) mass is 1880 g/mol. The van der Waals surface area contributed by atoms with Crippen LogP contribution in [0.1, 0.15) is 278 Å². The lowest BCUT2D eigenvalue weighted by molar-refractivity contribution is -0.298. The van der Waals surface area contributed by atoms with Gasteiger partial charge in [0.2, 0.25) is 0 Å². The highest BCUT2D eigenvalue weighted by molar-refractivity contribution is 6.00. The Hall–Kier alpha value is -4.34. The summed E-state index contributed by atoms with van der Waals surface area (Å²) in [6.07, 6.45) is -9.48. The molecule has 0 spiro atoms. The van der Waals surface area contributed by atoms with Crippen LogP contribution in [0.15, 0.2) is 15.5 Å². The summed E-state index contributed by atoms with van der Waals surface area (Å²) < 4.78 is 73.1. The van der Waals surface area contributed by atoms with Crippen LogP contribution in [0.5, 0.6) is 0 Å². The maximum absolute atomic E-state index is 13.8. The number of hydrogen-bond donors (Lipinski definition) is 11. The van der Waals surface area contributed by atoms with Crippen molar-refractivity contribution in [1.82, 2.24) is 10.2 Å². The highest BCUT2D eigenvalue weighted by Gasteiger charge is 2.57. The van der Waals surface area contributed by atoms with Crippen LogP contribution in [-0.4, -0.2) is 308 Å². The predicted octanol–water partition coefficient (Wildman–Crippen LogP) is 10.9. The summed E-state index contributed by atoms with van der Waals surface area (Å²) in [5, 5.41) is 132. The maximum atomic E-state index is 13.8. The van der Waals surface area contributed by atoms with Gasteiger partial charge < -0.3 is 123 Å². The number of alkyl halides is 1. The van der Waals surface area contributed by atoms with Gasteiger partial charge >= 0.3 is 17.9 Å². The summed E-state index contributed by atoms with van der Waals surface area (Å²) in [5.74, 6) is -10.4. The molecule has 38 atom stereocenters. The fourth-order valence-electron chi connectivity index (χ4n) is 21.3. The van der Waals surface area contributed by atoms with E-state index in [-0.39, 0.29) is 105 Å². The summed E-state index contributed by atoms with van der Waals surface area (Å²) in [5.41, 5.74) is -9.64. The van der Waals surface area contributed by atoms with Crippen molar-refractivity contribution in [3.63, 3.8) is 0 Å². The molecule has 0 aromatic rings. The maximum Gasteiger partial charge on any atom is 0.316 e. The van der Waals surface area contributed by atoms with Gasteiger partial charge in [0.05, 0.1) is 106 Å². The van der Waals surface area contributed by atoms with E-state index >= 15 is 0 Å². The molecule has 11 N–H and O–H groups in total. The van der Waals surface area contributed by atoms with E-state index < -0.39 is 214 Å². The standard InChI is InChI=1S/C34H64N2O10.C33H60FNO10.C31H56N2O7/c1-14-25-34(10,41)29(37)21(4)27(35-43-16-15-36(11)12)19(2)17-32(8,40)23(6)20(3)28(22(5)31(39)45-25)46-26-18-33(9,42-13)30(38)24(7)44-26;1-12-24-33(10,40)28(36)20(4)26(35-42-15-13-14-34)18(2)16-31(8,39)22(6)19(3)27(21(5)30(38)44-24)45-25-17-32(9,41-11)29(37)23(7)43-25;1-12-23-31(10,37)27(35)19(3)24(33-40-22-14-13-15-32-17-22)18(2)16-30(9,38-11)26(29(6,7)8)20(4)25(34)21(5)28(36)39-23/h19-26,28-30,37-38,40-41H,14-18H2,1-13H3;18-25,27-29,36-37,39-40H,12-17H2,1-11H3;18-23,26-27,32,35,37H,12-17H2,1-11H3/t19-,20-,21+,22-,23-,24+,25-,26+,28+,29-,30+,32-,33-,34-;18-,19-,20+,21-,22-,23+,24-,25+,27+,28-,29+,31-,32-,33-;18-,19+,20+,21-,22?,23-,26+,27-,30-,31-/m111/s1. The number of ether oxygens (including phenoxy) is 10. The third-order valence-electron chi connectivity index (χ3n) is 30.7. The normalized spacial score (nSPS) is 45.2. The van der Waals surface area contributed by atoms with Crippen LogP contribution in [-0.2, 0) is 81.1 Å². The Morgan fingerprint density at radius 2 is 0.840 bits per heavy atom. The van der Waals surface area contributed by atoms with Gasteiger partial charge in [-0.15, -0.1) is 0 Å². The van der Waals surface area contributed by atoms with E-state index in [9.17, 15) is 74.6 Å². The summed E-state index contributed by atoms with van der Waals surface area (Å²) in [7, 11) is 8.54. The number of rotatable bonds is 20. The number of methoxy groups -OCH3 is 3. The van der Waals surface area contributed by atoms with E-state index in [1.165, 1.54) is 35.0 Å². The van der Waals surface area contributed by atoms with E-state index in [4.69, 9.17) is 61.9 Å². The van der Waals surface area contributed by atoms with E-state index in [1.54, 1.807) is 104 Å². The smallest absolute Gasteiger partial charge is 0.316 e. The number of esters is 3. The first kappa shape index (κ1) is 119. The minimum atomic E-state index is -1.89. The number of aliphatic hydroxyl groups is 10. The van der Waals surface area contributed by atoms with Gasteiger partial charge in [-0.25, -0.2) is 0 Å². The van der Waals surface area contributed by atoms with Crippen molar-refractivity contribution in [3.05, 3.63) is 0 Å². The fourth-order valence-corrected chi connectivity index (χ4v) is 21.3. The molecule has 6 fully saturated rings. The number of Topliss-reactive ketones (excluding diaryl/α,β-unsaturated/α-hetero) is 1. The Kier molecular flexibility index (Phi) is 45.4. The molecule has 766 valence electrons. The molecule has 6 aliphatic rings. The molecule has 6 aliphatic heterocycles. The lowest BCUT2D eigenvalue weighted by Crippen LogP contribution is -2.58. The molecule has 0 aromatic carbocycles. The van der Waals surface area contributed by atoms with Crippen molar-refractivity contribution in [2.45, 2.75) is 415 Å². The Morgan fingerprint density at radius 3 is 1.18 bits per heavy atom. The molecule has 6 heterocycles. The van der Waals surface area contributed by atoms with Crippen molar-refractivity contribution in [1.29, 1.82) is 0 Å². The van der Waals surface area contributed by atoms with Crippen molar-refractivity contribution in [2.24, 2.45) is 110 Å². The molecule has 1 unspecified atom stereocenters. The van der Waals surface area contributed by atoms with Gasteiger partial charge in [0.1, 0.15) is 78.3 Å². The topological polar surface area (TPSA) is 443 Å². The molecule has 0 aromatic heterocycles. The SMILES string of the molecule is CC[C@H]1OC(=O)[C@H](C)C(=O)[C@H](C)[C@@H](C(C)(C)C)[C@](C)(OC)C[C@@H](C)C(=NOC2CCCNC2)[C@H](C)[C@@H](O)[C@]1(C)O.CC[C@H]1OC(=O)[C@H](C)[C@@H](O[C@H]2C[C@@](C)(OC)[C@@H](O)[C@H](C)O2)[C@H](C)[C@@H](C)[C@](C)(O)C[C@@H](C)C(=NOCCCF)[C@H](C)[C@@H](O)[C@]1(C)O.CC[C@H]1OC(=O)[C@H](C)[C@@H](O[C@H]2C[C@@](C)(OC)[C@@H](O)[C@H](C)O2)[C@H](C)[C@@H](C)[C@](C)(O)C[C@@H](C)C(=NOCCN(C)C)[C@H](C)[C@@H](O)[C@]1(C)O. The molecule has 0 saturated carbocycles. The quantitative estimate of drug-likeness (QED) is 0.0177. The number of nitrogens with one attached hydrogen (secondary N) is 1. The minimum absolute atomic E-state index is 0.0306. The summed E-state index contributed by atoms with van der Waals surface area (Å²) in [4.78, 5) is 73.7. The molecule has 0 aliphatic carbocycles. The van der Waals surface area contributed by atoms with Crippen LogP contribution in [0.2, 0.25) is 0 Å². The lowest BCUT2D eigenvalue weighted by atomic mass is 9.61. The van der Waals surface area contributed by atoms with Crippen molar-refractivity contribution < 1.29 is 137 Å². The van der Waals surface area contributed by atoms with E-state index in [1.807, 2.05) is 88.2 Å². The number of piperidine rings is 1. The van der Waals surface area contributed by atoms with Gasteiger partial charge in [0.15, 0.2) is 12.6 Å². The number of carbonyl (C=O) groups excluding carboxylic acids is 4. The second-order valence-corrected chi connectivity index (χ2v) is 42.8. The van der Waals surface area contributed by atoms with Crippen molar-refractivity contribution in [2.75, 3.05) is 74.9 Å². The summed E-state index contributed by atoms with van der Waals surface area (Å²) in [6.45, 7) is 56.0. The Balaban J connectivity index is 0.000000412. The van der Waals surface area contributed by atoms with E-state index in [0.717, 1.165) is 19.4 Å². The number of halogens is 1. The number of ketones is 1. The fraction of sp³-hybridized carbons (Fsp3) is 0.929. The van der Waals surface area contributed by atoms with E-state index in [2.05, 4.69) is 41.6 Å². The number of nitrogens with zero attached hydrogens (tertiary/aromatic N) is 4. The Bertz CT molecular complexity index is 3600. The third kappa shape index (κ3) is 29.9. The van der Waals surface area contributed by atoms with Crippen molar-refractivity contribution in [3.8, 4) is 0 Å². The molecular formula is C98H180FN5O27. The number of likely N-dealkylation sites (N-methyl/N-ethyl adjacent to an activating group) is 1. The molecule has 32 nitrogen and oxygen atoms in total. The molecule has 0 radical (unpaired) electrons. The first-order valence-electron chi connectivity index (χ1n) is 48.3. The zero-order chi connectivity index (χ0) is 100. The van der Waals surface area contributed by atoms with Crippen LogP contribution in [0.25, 0.3) is 0 Å². The molecule has 6 rings (SSSR count). The van der Waals surface area contributed by atoms with Gasteiger partial charge in [-0.2, -0.15) is 0 Å². The number of carbonyl (C=O) groups is 4. The van der Waals surface area contributed by atoms with Gasteiger partial charge in [-0.1, -0.05) is 133 Å². The predicted molar refractivity (Wildman–Crippen MR) is 498 cm³/mol. The Morgan fingerprint density at radius 1 is 0.481 bits per heavy atom. The number of cyclic esters (lactones) is 3. The second kappa shape index (κ2) is 50.0. The lowest BCUT2D eigenvalue weighted by Gasteiger charge is -2.49. The Labute approximate surface area is 783 Å². The average Bonchev–Trinajstić information content (AvgIpc) is 0.760. The van der Waals surface area contributed by atoms with Gasteiger partial charge in [-0.05, 0) is 191 Å². The number of oxime groups is 3. The van der Waals surface area contributed by atoms with Crippen molar-refractivity contribution >= 4 is 40.8 Å². The van der Waals surface area contributed by atoms with Crippen LogP contribution >= 0.6 is 0 Å². The van der Waals surface area contributed by atoms with Crippen LogP contribution in [0, 0.1) is 94.2 Å². The molecule has 33 heteroatoms. The highest BCUT2D eigenvalue weighted by Crippen LogP contribution is 2.49. The van der Waals surface area contributed by atoms with Crippen LogP contribution in [0.4, 0.5) is 4.39 Å².